The fourth-order valence-electron chi connectivity index (χ4n) is 2.99. The van der Waals surface area contributed by atoms with Gasteiger partial charge in [0.2, 0.25) is 10.0 Å². The molecule has 0 aromatic heterocycles. The van der Waals surface area contributed by atoms with Crippen LogP contribution in [0.5, 0.6) is 0 Å². The molecule has 0 saturated carbocycles. The zero-order valence-corrected chi connectivity index (χ0v) is 22.2. The van der Waals surface area contributed by atoms with Crippen LogP contribution < -0.4 is 61.2 Å². The van der Waals surface area contributed by atoms with Crippen LogP contribution in [0.2, 0.25) is 0 Å². The van der Waals surface area contributed by atoms with Gasteiger partial charge < -0.3 is 9.90 Å². The molecule has 0 spiro atoms. The van der Waals surface area contributed by atoms with E-state index in [0.29, 0.717) is 0 Å². The number of nitrogens with one attached hydrogen (secondary N) is 1. The molecule has 0 bridgehead atoms. The number of carbonyl (C=O) groups excluding carboxylic acids is 1. The van der Waals surface area contributed by atoms with Gasteiger partial charge in [0.25, 0.3) is 0 Å². The van der Waals surface area contributed by atoms with Gasteiger partial charge in [0.05, 0.1) is 0 Å². The number of hydrogen-bond donors (Lipinski definition) is 1. The van der Waals surface area contributed by atoms with Gasteiger partial charge in [-0.25, -0.2) is 13.1 Å². The van der Waals surface area contributed by atoms with Crippen molar-refractivity contribution in [3.8, 4) is 0 Å². The molecule has 0 aromatic rings. The first-order valence-corrected chi connectivity index (χ1v) is 12.4. The third-order valence-corrected chi connectivity index (χ3v) is 5.79. The van der Waals surface area contributed by atoms with Crippen LogP contribution in [-0.2, 0) is 14.8 Å². The molecule has 0 heterocycles. The minimum atomic E-state index is -3.52. The van der Waals surface area contributed by atoms with Gasteiger partial charge >= 0.3 is 51.4 Å². The number of allylic oxidation sites excluding steroid dienone is 1. The minimum Gasteiger partial charge on any atom is -0.550 e. The van der Waals surface area contributed by atoms with Gasteiger partial charge in [0, 0.05) is 24.3 Å². The van der Waals surface area contributed by atoms with E-state index in [1.54, 1.807) is 6.08 Å². The summed E-state index contributed by atoms with van der Waals surface area (Å²) in [7, 11) is -3.52. The molecular formula is C21H40KNO4S. The first-order valence-electron chi connectivity index (χ1n) is 10.8. The van der Waals surface area contributed by atoms with E-state index in [1.165, 1.54) is 77.0 Å². The Morgan fingerprint density at radius 1 is 0.821 bits per heavy atom. The van der Waals surface area contributed by atoms with Gasteiger partial charge in [-0.3, -0.25) is 0 Å². The molecule has 0 radical (unpaired) electrons. The molecule has 0 fully saturated rings. The Morgan fingerprint density at radius 3 is 1.68 bits per heavy atom. The fraction of sp³-hybridized carbons (Fsp3) is 0.857. The van der Waals surface area contributed by atoms with E-state index in [-0.39, 0.29) is 64.4 Å². The van der Waals surface area contributed by atoms with E-state index in [4.69, 9.17) is 0 Å². The predicted octanol–water partition coefficient (Wildman–Crippen LogP) is 1.43. The van der Waals surface area contributed by atoms with Gasteiger partial charge in [-0.15, -0.1) is 0 Å². The second kappa shape index (κ2) is 22.4. The third kappa shape index (κ3) is 24.8. The third-order valence-electron chi connectivity index (χ3n) is 4.63. The summed E-state index contributed by atoms with van der Waals surface area (Å²) >= 11 is 0. The van der Waals surface area contributed by atoms with Crippen LogP contribution in [0.3, 0.4) is 0 Å². The number of carboxylic acid groups (broad SMARTS) is 1. The summed E-state index contributed by atoms with van der Waals surface area (Å²) in [6, 6.07) is 0. The summed E-state index contributed by atoms with van der Waals surface area (Å²) in [6.07, 6.45) is 20.3. The number of sulfonamides is 1. The largest absolute Gasteiger partial charge is 1.00 e. The summed E-state index contributed by atoms with van der Waals surface area (Å²) in [5.74, 6) is -1.26. The average Bonchev–Trinajstić information content (AvgIpc) is 2.60. The Hall–Kier alpha value is 0.756. The average molecular weight is 442 g/mol. The number of aliphatic carboxylic acids is 1. The van der Waals surface area contributed by atoms with Crippen molar-refractivity contribution in [2.45, 2.75) is 110 Å². The van der Waals surface area contributed by atoms with E-state index < -0.39 is 16.0 Å². The summed E-state index contributed by atoms with van der Waals surface area (Å²) in [5.41, 5.74) is 0. The molecule has 0 aromatic carbocycles. The maximum Gasteiger partial charge on any atom is 1.00 e. The van der Waals surface area contributed by atoms with Crippen molar-refractivity contribution in [1.29, 1.82) is 0 Å². The van der Waals surface area contributed by atoms with Crippen LogP contribution >= 0.6 is 0 Å². The molecule has 0 amide bonds. The van der Waals surface area contributed by atoms with Crippen molar-refractivity contribution >= 4 is 16.0 Å². The van der Waals surface area contributed by atoms with Crippen molar-refractivity contribution in [2.75, 3.05) is 6.54 Å². The van der Waals surface area contributed by atoms with E-state index in [2.05, 4.69) is 11.6 Å². The van der Waals surface area contributed by atoms with E-state index >= 15 is 0 Å². The number of carbonyl (C=O) groups is 1. The second-order valence-electron chi connectivity index (χ2n) is 7.32. The zero-order valence-electron chi connectivity index (χ0n) is 18.2. The predicted molar refractivity (Wildman–Crippen MR) is 111 cm³/mol. The van der Waals surface area contributed by atoms with Crippen LogP contribution in [0.25, 0.3) is 0 Å². The molecule has 7 heteroatoms. The van der Waals surface area contributed by atoms with Crippen LogP contribution in [-0.4, -0.2) is 20.9 Å². The SMILES string of the molecule is CCCCCCCCCCCCCCCC/C=C/S(=O)(=O)NCCC(=O)[O-].[K+]. The molecular weight excluding hydrogens is 401 g/mol. The second-order valence-corrected chi connectivity index (χ2v) is 8.97. The van der Waals surface area contributed by atoms with Crippen LogP contribution in [0.15, 0.2) is 11.5 Å². The maximum atomic E-state index is 11.5. The van der Waals surface area contributed by atoms with E-state index in [9.17, 15) is 18.3 Å². The number of rotatable bonds is 20. The quantitative estimate of drug-likeness (QED) is 0.229. The number of carboxylic acids is 1. The van der Waals surface area contributed by atoms with E-state index in [0.717, 1.165) is 24.7 Å². The Kier molecular flexibility index (Phi) is 24.8. The molecule has 0 atom stereocenters. The summed E-state index contributed by atoms with van der Waals surface area (Å²) < 4.78 is 25.3. The number of hydrogen-bond acceptors (Lipinski definition) is 4. The van der Waals surface area contributed by atoms with Crippen molar-refractivity contribution in [3.05, 3.63) is 11.5 Å². The van der Waals surface area contributed by atoms with Crippen molar-refractivity contribution in [2.24, 2.45) is 0 Å². The van der Waals surface area contributed by atoms with Gasteiger partial charge in [-0.2, -0.15) is 0 Å². The summed E-state index contributed by atoms with van der Waals surface area (Å²) in [6.45, 7) is 2.12. The molecule has 0 aliphatic carbocycles. The van der Waals surface area contributed by atoms with Crippen LogP contribution in [0.1, 0.15) is 110 Å². The normalized spacial score (nSPS) is 11.6. The first-order chi connectivity index (χ1) is 13.0. The molecule has 0 rings (SSSR count). The molecule has 0 unspecified atom stereocenters. The van der Waals surface area contributed by atoms with Crippen molar-refractivity contribution in [1.82, 2.24) is 4.72 Å². The number of unbranched alkanes of at least 4 members (excludes halogenated alkanes) is 14. The standard InChI is InChI=1S/C21H41NO4S.K/c1-2-3-4-5-6-7-8-9-10-11-12-13-14-15-16-17-20-27(25,26)22-19-18-21(23)24;/h17,20,22H,2-16,18-19H2,1H3,(H,23,24);/q;+1/p-1/b20-17+;. The van der Waals surface area contributed by atoms with Gasteiger partial charge in [0.1, 0.15) is 0 Å². The van der Waals surface area contributed by atoms with Gasteiger partial charge in [-0.05, 0) is 12.8 Å². The topological polar surface area (TPSA) is 86.3 Å². The van der Waals surface area contributed by atoms with Crippen molar-refractivity contribution < 1.29 is 69.7 Å². The molecule has 0 aliphatic rings. The van der Waals surface area contributed by atoms with Crippen molar-refractivity contribution in [3.63, 3.8) is 0 Å². The van der Waals surface area contributed by atoms with Gasteiger partial charge in [-0.1, -0.05) is 96.5 Å². The smallest absolute Gasteiger partial charge is 0.550 e. The summed E-state index contributed by atoms with van der Waals surface area (Å²) in [4.78, 5) is 10.2. The Balaban J connectivity index is 0. The molecule has 160 valence electrons. The first kappa shape index (κ1) is 30.9. The van der Waals surface area contributed by atoms with Gasteiger partial charge in [0.15, 0.2) is 0 Å². The zero-order chi connectivity index (χ0) is 20.2. The Labute approximate surface area is 216 Å². The monoisotopic (exact) mass is 441 g/mol. The molecule has 28 heavy (non-hydrogen) atoms. The van der Waals surface area contributed by atoms with Crippen LogP contribution in [0.4, 0.5) is 0 Å². The fourth-order valence-corrected chi connectivity index (χ4v) is 3.87. The Bertz CT molecular complexity index is 481. The molecule has 5 nitrogen and oxygen atoms in total. The molecule has 1 N–H and O–H groups in total. The minimum absolute atomic E-state index is 0. The van der Waals surface area contributed by atoms with Crippen LogP contribution in [0, 0.1) is 0 Å². The Morgan fingerprint density at radius 2 is 1.25 bits per heavy atom. The summed E-state index contributed by atoms with van der Waals surface area (Å²) in [5, 5.41) is 11.4. The molecule has 0 aliphatic heterocycles. The van der Waals surface area contributed by atoms with E-state index in [1.807, 2.05) is 0 Å². The maximum absolute atomic E-state index is 11.5. The molecule has 0 saturated heterocycles.